The molecule has 47 valence electrons. The Bertz CT molecular complexity index is 55.1. The monoisotopic (exact) mass is 111 g/mol. The summed E-state index contributed by atoms with van der Waals surface area (Å²) in [7, 11) is 0. The van der Waals surface area contributed by atoms with Crippen LogP contribution >= 0.6 is 0 Å². The van der Waals surface area contributed by atoms with Crippen molar-refractivity contribution in [2.24, 2.45) is 5.92 Å². The van der Waals surface area contributed by atoms with Gasteiger partial charge in [0.2, 0.25) is 0 Å². The minimum Gasteiger partial charge on any atom is -0.0817 e. The second kappa shape index (κ2) is 4.89. The van der Waals surface area contributed by atoms with Gasteiger partial charge in [0.05, 0.1) is 0 Å². The quantitative estimate of drug-likeness (QED) is 0.523. The molecule has 0 aliphatic rings. The van der Waals surface area contributed by atoms with Gasteiger partial charge in [0.25, 0.3) is 0 Å². The summed E-state index contributed by atoms with van der Waals surface area (Å²) < 4.78 is 0. The lowest BCUT2D eigenvalue weighted by Crippen LogP contribution is -1.86. The largest absolute Gasteiger partial charge is 0.0817 e. The minimum absolute atomic E-state index is 0.606. The number of unbranched alkanes of at least 4 members (excludes halogenated alkanes) is 1. The zero-order valence-corrected chi connectivity index (χ0v) is 5.85. The van der Waals surface area contributed by atoms with Crippen LogP contribution in [0.2, 0.25) is 0 Å². The fraction of sp³-hybridized carbons (Fsp3) is 0.750. The molecule has 0 aliphatic carbocycles. The Balaban J connectivity index is 2.98. The molecule has 0 aromatic heterocycles. The molecule has 0 aromatic carbocycles. The van der Waals surface area contributed by atoms with Gasteiger partial charge in [-0.15, -0.1) is 0 Å². The van der Waals surface area contributed by atoms with Crippen molar-refractivity contribution in [3.05, 3.63) is 12.7 Å². The Labute approximate surface area is 52.6 Å². The number of hydrogen-bond acceptors (Lipinski definition) is 0. The summed E-state index contributed by atoms with van der Waals surface area (Å²) in [5, 5.41) is 0. The van der Waals surface area contributed by atoms with E-state index in [1.807, 2.05) is 0 Å². The van der Waals surface area contributed by atoms with E-state index in [0.29, 0.717) is 5.92 Å². The predicted octanol–water partition coefficient (Wildman–Crippen LogP) is 2.80. The SMILES string of the molecule is [CH]=C[C@@H](C)CCCC. The van der Waals surface area contributed by atoms with E-state index in [4.69, 9.17) is 6.58 Å². The zero-order valence-electron chi connectivity index (χ0n) is 5.85. The van der Waals surface area contributed by atoms with E-state index >= 15 is 0 Å². The van der Waals surface area contributed by atoms with Crippen LogP contribution in [0.3, 0.4) is 0 Å². The number of allylic oxidation sites excluding steroid dienone is 1. The van der Waals surface area contributed by atoms with Crippen molar-refractivity contribution in [3.63, 3.8) is 0 Å². The second-order valence-electron chi connectivity index (χ2n) is 2.31. The highest BCUT2D eigenvalue weighted by Gasteiger charge is 1.91. The molecule has 0 rings (SSSR count). The lowest BCUT2D eigenvalue weighted by Gasteiger charge is -2.00. The maximum absolute atomic E-state index is 5.29. The van der Waals surface area contributed by atoms with E-state index in [2.05, 4.69) is 13.8 Å². The van der Waals surface area contributed by atoms with Gasteiger partial charge < -0.3 is 0 Å². The van der Waals surface area contributed by atoms with Crippen molar-refractivity contribution in [2.45, 2.75) is 33.1 Å². The molecular weight excluding hydrogens is 96.1 g/mol. The third kappa shape index (κ3) is 3.91. The third-order valence-electron chi connectivity index (χ3n) is 1.34. The van der Waals surface area contributed by atoms with Gasteiger partial charge in [0, 0.05) is 0 Å². The maximum Gasteiger partial charge on any atom is -0.0259 e. The fourth-order valence-corrected chi connectivity index (χ4v) is 0.622. The number of rotatable bonds is 4. The lowest BCUT2D eigenvalue weighted by molar-refractivity contribution is 0.598. The molecule has 0 spiro atoms. The summed E-state index contributed by atoms with van der Waals surface area (Å²) >= 11 is 0. The normalized spacial score (nSPS) is 13.2. The Kier molecular flexibility index (Phi) is 4.73. The fourth-order valence-electron chi connectivity index (χ4n) is 0.622. The maximum atomic E-state index is 5.29. The third-order valence-corrected chi connectivity index (χ3v) is 1.34. The molecule has 1 atom stereocenters. The van der Waals surface area contributed by atoms with Crippen LogP contribution in [0.15, 0.2) is 6.08 Å². The highest BCUT2D eigenvalue weighted by atomic mass is 14.0. The van der Waals surface area contributed by atoms with Gasteiger partial charge in [-0.05, 0) is 12.3 Å². The van der Waals surface area contributed by atoms with E-state index < -0.39 is 0 Å². The van der Waals surface area contributed by atoms with Crippen LogP contribution in [-0.2, 0) is 0 Å². The van der Waals surface area contributed by atoms with Crippen LogP contribution in [0.4, 0.5) is 0 Å². The average Bonchev–Trinajstić information content (AvgIpc) is 1.83. The van der Waals surface area contributed by atoms with Crippen molar-refractivity contribution in [2.75, 3.05) is 0 Å². The first-order valence-electron chi connectivity index (χ1n) is 3.36. The van der Waals surface area contributed by atoms with E-state index in [-0.39, 0.29) is 0 Å². The van der Waals surface area contributed by atoms with Crippen molar-refractivity contribution in [1.82, 2.24) is 0 Å². The smallest absolute Gasteiger partial charge is 0.0259 e. The highest BCUT2D eigenvalue weighted by molar-refractivity contribution is 4.70. The molecule has 0 amide bonds. The van der Waals surface area contributed by atoms with Crippen molar-refractivity contribution in [3.8, 4) is 0 Å². The van der Waals surface area contributed by atoms with Crippen molar-refractivity contribution >= 4 is 0 Å². The topological polar surface area (TPSA) is 0 Å². The van der Waals surface area contributed by atoms with Crippen LogP contribution in [0.5, 0.6) is 0 Å². The van der Waals surface area contributed by atoms with Gasteiger partial charge in [-0.25, -0.2) is 0 Å². The van der Waals surface area contributed by atoms with Gasteiger partial charge >= 0.3 is 0 Å². The Hall–Kier alpha value is -0.260. The molecule has 0 heteroatoms. The molecule has 0 aliphatic heterocycles. The van der Waals surface area contributed by atoms with Gasteiger partial charge in [0.1, 0.15) is 0 Å². The molecule has 0 aromatic rings. The Morgan fingerprint density at radius 1 is 1.62 bits per heavy atom. The van der Waals surface area contributed by atoms with E-state index in [1.54, 1.807) is 6.08 Å². The minimum atomic E-state index is 0.606. The molecular formula is C8H15. The van der Waals surface area contributed by atoms with Crippen LogP contribution < -0.4 is 0 Å². The predicted molar refractivity (Wildman–Crippen MR) is 37.6 cm³/mol. The summed E-state index contributed by atoms with van der Waals surface area (Å²) in [6.07, 6.45) is 5.59. The number of hydrogen-bond donors (Lipinski definition) is 0. The van der Waals surface area contributed by atoms with E-state index in [9.17, 15) is 0 Å². The Morgan fingerprint density at radius 3 is 2.62 bits per heavy atom. The summed E-state index contributed by atoms with van der Waals surface area (Å²) in [4.78, 5) is 0. The first-order valence-corrected chi connectivity index (χ1v) is 3.36. The highest BCUT2D eigenvalue weighted by Crippen LogP contribution is 2.06. The Morgan fingerprint density at radius 2 is 2.25 bits per heavy atom. The van der Waals surface area contributed by atoms with E-state index in [1.165, 1.54) is 19.3 Å². The first kappa shape index (κ1) is 7.74. The summed E-state index contributed by atoms with van der Waals surface area (Å²) in [6.45, 7) is 9.63. The van der Waals surface area contributed by atoms with Gasteiger partial charge in [-0.3, -0.25) is 0 Å². The molecule has 0 unspecified atom stereocenters. The second-order valence-corrected chi connectivity index (χ2v) is 2.31. The standard InChI is InChI=1S/C8H15/c1-4-6-7-8(3)5-2/h2,5,8H,4,6-7H2,1,3H3/t8-/m1/s1. The van der Waals surface area contributed by atoms with Crippen LogP contribution in [-0.4, -0.2) is 0 Å². The van der Waals surface area contributed by atoms with Crippen molar-refractivity contribution < 1.29 is 0 Å². The molecule has 0 N–H and O–H groups in total. The molecule has 8 heavy (non-hydrogen) atoms. The van der Waals surface area contributed by atoms with Crippen LogP contribution in [0.25, 0.3) is 0 Å². The molecule has 0 saturated heterocycles. The molecule has 0 saturated carbocycles. The van der Waals surface area contributed by atoms with Crippen LogP contribution in [0, 0.1) is 12.5 Å². The first-order chi connectivity index (χ1) is 3.81. The zero-order chi connectivity index (χ0) is 6.41. The average molecular weight is 111 g/mol. The molecule has 0 bridgehead atoms. The van der Waals surface area contributed by atoms with Crippen LogP contribution in [0.1, 0.15) is 33.1 Å². The van der Waals surface area contributed by atoms with Crippen molar-refractivity contribution in [1.29, 1.82) is 0 Å². The lowest BCUT2D eigenvalue weighted by atomic mass is 10.1. The summed E-state index contributed by atoms with van der Waals surface area (Å²) in [6, 6.07) is 0. The van der Waals surface area contributed by atoms with Gasteiger partial charge in [-0.1, -0.05) is 39.3 Å². The van der Waals surface area contributed by atoms with Gasteiger partial charge in [0.15, 0.2) is 0 Å². The summed E-state index contributed by atoms with van der Waals surface area (Å²) in [5.41, 5.74) is 0. The molecule has 0 heterocycles. The molecule has 0 nitrogen and oxygen atoms in total. The summed E-state index contributed by atoms with van der Waals surface area (Å²) in [5.74, 6) is 0.606. The van der Waals surface area contributed by atoms with E-state index in [0.717, 1.165) is 0 Å². The molecule has 0 fully saturated rings. The van der Waals surface area contributed by atoms with Gasteiger partial charge in [-0.2, -0.15) is 0 Å². The molecule has 1 radical (unpaired) electrons.